The zero-order valence-electron chi connectivity index (χ0n) is 18.2. The molecule has 0 spiro atoms. The van der Waals surface area contributed by atoms with E-state index in [1.165, 1.54) is 13.0 Å². The molecule has 2 saturated heterocycles. The Balaban J connectivity index is 1.58. The zero-order chi connectivity index (χ0) is 23.0. The molecule has 0 saturated carbocycles. The maximum Gasteiger partial charge on any atom is 0.416 e. The van der Waals surface area contributed by atoms with Gasteiger partial charge in [-0.25, -0.2) is 0 Å². The van der Waals surface area contributed by atoms with Crippen molar-refractivity contribution in [3.63, 3.8) is 0 Å². The lowest BCUT2D eigenvalue weighted by Gasteiger charge is -2.27. The molecule has 2 atom stereocenters. The van der Waals surface area contributed by atoms with E-state index in [2.05, 4.69) is 15.2 Å². The number of aliphatic imine (C=N–C) groups is 1. The van der Waals surface area contributed by atoms with Gasteiger partial charge in [-0.3, -0.25) is 4.99 Å². The lowest BCUT2D eigenvalue weighted by atomic mass is 10.0. The molecule has 172 valence electrons. The van der Waals surface area contributed by atoms with Gasteiger partial charge in [0.25, 0.3) is 0 Å². The van der Waals surface area contributed by atoms with Crippen LogP contribution in [0.5, 0.6) is 0 Å². The van der Waals surface area contributed by atoms with E-state index in [4.69, 9.17) is 16.2 Å². The van der Waals surface area contributed by atoms with Gasteiger partial charge >= 0.3 is 6.18 Å². The molecule has 3 heterocycles. The summed E-state index contributed by atoms with van der Waals surface area (Å²) in [5.74, 6) is 1.27. The van der Waals surface area contributed by atoms with Crippen molar-refractivity contribution in [1.29, 1.82) is 0 Å². The Labute approximate surface area is 185 Å². The van der Waals surface area contributed by atoms with Gasteiger partial charge in [0.05, 0.1) is 36.7 Å². The summed E-state index contributed by atoms with van der Waals surface area (Å²) in [4.78, 5) is 6.71. The summed E-state index contributed by atoms with van der Waals surface area (Å²) < 4.78 is 45.2. The summed E-state index contributed by atoms with van der Waals surface area (Å²) in [6, 6.07) is 4.10. The first kappa shape index (κ1) is 22.3. The number of fused-ring (bicyclic) bond motifs is 1. The minimum Gasteiger partial charge on any atom is -0.401 e. The number of ether oxygens (including phenoxy) is 1. The molecule has 2 fully saturated rings. The van der Waals surface area contributed by atoms with Gasteiger partial charge in [0.2, 0.25) is 0 Å². The third-order valence-corrected chi connectivity index (χ3v) is 6.37. The van der Waals surface area contributed by atoms with Crippen LogP contribution in [0.3, 0.4) is 0 Å². The van der Waals surface area contributed by atoms with Gasteiger partial charge in [-0.05, 0) is 37.1 Å². The smallest absolute Gasteiger partial charge is 0.401 e. The maximum atomic E-state index is 13.2. The normalized spacial score (nSPS) is 25.3. The Morgan fingerprint density at radius 2 is 1.91 bits per heavy atom. The number of allylic oxidation sites excluding steroid dienone is 2. The van der Waals surface area contributed by atoms with E-state index >= 15 is 0 Å². The van der Waals surface area contributed by atoms with Crippen molar-refractivity contribution in [2.75, 3.05) is 26.3 Å². The summed E-state index contributed by atoms with van der Waals surface area (Å²) >= 11 is 0. The summed E-state index contributed by atoms with van der Waals surface area (Å²) in [6.45, 7) is 6.63. The monoisotopic (exact) mass is 447 g/mol. The molecular formula is C23H28F3N5O. The van der Waals surface area contributed by atoms with E-state index in [0.29, 0.717) is 34.4 Å². The van der Waals surface area contributed by atoms with Gasteiger partial charge in [0, 0.05) is 42.4 Å². The standard InChI is InChI=1S/C23H28F3N5O/c1-13-15(4-3-5-20(13)23(24,25)26)7-30-22(28)19-6-18(8-29-21(19)14(2)27)31-9-16-11-32-12-17(16)10-31/h3-6,8,16-17,29H,7,9-12,27H2,1-2H3,(H2,28,30)/b21-14+. The maximum absolute atomic E-state index is 13.2. The first-order valence-electron chi connectivity index (χ1n) is 10.6. The van der Waals surface area contributed by atoms with Crippen LogP contribution in [0, 0.1) is 18.8 Å². The van der Waals surface area contributed by atoms with Crippen molar-refractivity contribution in [2.45, 2.75) is 26.6 Å². The molecule has 32 heavy (non-hydrogen) atoms. The summed E-state index contributed by atoms with van der Waals surface area (Å²) in [5, 5.41) is 3.22. The number of halogens is 3. The highest BCUT2D eigenvalue weighted by Crippen LogP contribution is 2.34. The molecule has 0 amide bonds. The van der Waals surface area contributed by atoms with Crippen molar-refractivity contribution in [3.8, 4) is 0 Å². The average Bonchev–Trinajstić information content (AvgIpc) is 3.33. The molecule has 3 aliphatic rings. The number of benzene rings is 1. The first-order chi connectivity index (χ1) is 15.1. The molecule has 0 aromatic heterocycles. The quantitative estimate of drug-likeness (QED) is 0.488. The molecule has 4 rings (SSSR count). The molecule has 1 aromatic rings. The van der Waals surface area contributed by atoms with Crippen molar-refractivity contribution < 1.29 is 17.9 Å². The second-order valence-electron chi connectivity index (χ2n) is 8.58. The fourth-order valence-corrected chi connectivity index (χ4v) is 4.51. The van der Waals surface area contributed by atoms with Gasteiger partial charge in [0.15, 0.2) is 0 Å². The number of amidine groups is 1. The van der Waals surface area contributed by atoms with Crippen molar-refractivity contribution in [1.82, 2.24) is 10.2 Å². The number of hydrogen-bond donors (Lipinski definition) is 3. The Hall–Kier alpha value is -2.94. The van der Waals surface area contributed by atoms with Crippen LogP contribution in [0.15, 0.2) is 58.1 Å². The van der Waals surface area contributed by atoms with Crippen LogP contribution in [0.1, 0.15) is 23.6 Å². The lowest BCUT2D eigenvalue weighted by Crippen LogP contribution is -2.31. The summed E-state index contributed by atoms with van der Waals surface area (Å²) in [6.07, 6.45) is -0.556. The van der Waals surface area contributed by atoms with E-state index < -0.39 is 11.7 Å². The van der Waals surface area contributed by atoms with Crippen LogP contribution in [0.4, 0.5) is 13.2 Å². The molecule has 3 aliphatic heterocycles. The lowest BCUT2D eigenvalue weighted by molar-refractivity contribution is -0.138. The van der Waals surface area contributed by atoms with Crippen LogP contribution in [-0.2, 0) is 17.5 Å². The molecular weight excluding hydrogens is 419 g/mol. The molecule has 5 N–H and O–H groups in total. The van der Waals surface area contributed by atoms with Crippen LogP contribution in [0.25, 0.3) is 0 Å². The van der Waals surface area contributed by atoms with Crippen molar-refractivity contribution in [3.05, 3.63) is 69.8 Å². The van der Waals surface area contributed by atoms with E-state index in [0.717, 1.165) is 38.1 Å². The van der Waals surface area contributed by atoms with E-state index in [1.54, 1.807) is 13.0 Å². The van der Waals surface area contributed by atoms with Gasteiger partial charge in [0.1, 0.15) is 5.84 Å². The predicted molar refractivity (Wildman–Crippen MR) is 117 cm³/mol. The minimum atomic E-state index is -4.41. The number of likely N-dealkylation sites (tertiary alicyclic amines) is 1. The van der Waals surface area contributed by atoms with Gasteiger partial charge in [-0.1, -0.05) is 12.1 Å². The van der Waals surface area contributed by atoms with E-state index in [9.17, 15) is 13.2 Å². The second kappa shape index (κ2) is 8.54. The first-order valence-corrected chi connectivity index (χ1v) is 10.6. The Kier molecular flexibility index (Phi) is 5.94. The fourth-order valence-electron chi connectivity index (χ4n) is 4.51. The molecule has 2 unspecified atom stereocenters. The topological polar surface area (TPSA) is 88.9 Å². The van der Waals surface area contributed by atoms with Crippen LogP contribution in [-0.4, -0.2) is 37.0 Å². The van der Waals surface area contributed by atoms with Crippen LogP contribution < -0.4 is 16.8 Å². The highest BCUT2D eigenvalue weighted by molar-refractivity contribution is 6.01. The van der Waals surface area contributed by atoms with Gasteiger partial charge in [-0.15, -0.1) is 0 Å². The molecule has 9 heteroatoms. The molecule has 0 bridgehead atoms. The SMILES string of the molecule is C/C(N)=C1\NC=C(N2CC3COCC3C2)C=C1C(N)=NCc1cccc(C(F)(F)F)c1C. The van der Waals surface area contributed by atoms with Crippen molar-refractivity contribution in [2.24, 2.45) is 28.3 Å². The van der Waals surface area contributed by atoms with E-state index in [1.807, 2.05) is 12.3 Å². The highest BCUT2D eigenvalue weighted by atomic mass is 19.4. The number of rotatable bonds is 4. The number of nitrogens with zero attached hydrogens (tertiary/aromatic N) is 2. The van der Waals surface area contributed by atoms with Gasteiger partial charge in [-0.2, -0.15) is 13.2 Å². The molecule has 0 aliphatic carbocycles. The predicted octanol–water partition coefficient (Wildman–Crippen LogP) is 3.01. The number of dihydropyridines is 1. The van der Waals surface area contributed by atoms with Crippen LogP contribution in [0.2, 0.25) is 0 Å². The summed E-state index contributed by atoms with van der Waals surface area (Å²) in [7, 11) is 0. The third kappa shape index (κ3) is 4.34. The molecule has 6 nitrogen and oxygen atoms in total. The minimum absolute atomic E-state index is 0.0417. The summed E-state index contributed by atoms with van der Waals surface area (Å²) in [5.41, 5.74) is 15.2. The number of hydrogen-bond acceptors (Lipinski definition) is 5. The Bertz CT molecular complexity index is 1010. The second-order valence-corrected chi connectivity index (χ2v) is 8.58. The Morgan fingerprint density at radius 3 is 2.53 bits per heavy atom. The molecule has 1 aromatic carbocycles. The number of nitrogens with one attached hydrogen (secondary N) is 1. The van der Waals surface area contributed by atoms with Crippen LogP contribution >= 0.6 is 0 Å². The third-order valence-electron chi connectivity index (χ3n) is 6.37. The van der Waals surface area contributed by atoms with Gasteiger partial charge < -0.3 is 26.4 Å². The van der Waals surface area contributed by atoms with E-state index in [-0.39, 0.29) is 17.9 Å². The average molecular weight is 448 g/mol. The number of alkyl halides is 3. The van der Waals surface area contributed by atoms with Crippen molar-refractivity contribution >= 4 is 5.84 Å². The zero-order valence-corrected chi connectivity index (χ0v) is 18.2. The highest BCUT2D eigenvalue weighted by Gasteiger charge is 2.38. The molecule has 0 radical (unpaired) electrons. The number of nitrogens with two attached hydrogens (primary N) is 2. The largest absolute Gasteiger partial charge is 0.416 e. The Morgan fingerprint density at radius 1 is 1.22 bits per heavy atom. The fraction of sp³-hybridized carbons (Fsp3) is 0.435.